The van der Waals surface area contributed by atoms with Crippen LogP contribution in [-0.4, -0.2) is 35.4 Å². The third-order valence-corrected chi connectivity index (χ3v) is 4.67. The summed E-state index contributed by atoms with van der Waals surface area (Å²) < 4.78 is 4.80. The quantitative estimate of drug-likeness (QED) is 0.595. The van der Waals surface area contributed by atoms with Gasteiger partial charge in [0.2, 0.25) is 11.8 Å². The molecule has 1 aromatic rings. The number of carbonyl (C=O) groups excluding carboxylic acids is 3. The van der Waals surface area contributed by atoms with E-state index in [1.807, 2.05) is 0 Å². The molecule has 1 atom stereocenters. The lowest BCUT2D eigenvalue weighted by atomic mass is 10.3. The largest absolute Gasteiger partial charge is 0.465 e. The number of hydrogen-bond donors (Lipinski definition) is 0. The molecule has 1 aromatic carbocycles. The van der Waals surface area contributed by atoms with Gasteiger partial charge in [0.05, 0.1) is 28.3 Å². The zero-order valence-electron chi connectivity index (χ0n) is 11.7. The van der Waals surface area contributed by atoms with E-state index in [4.69, 9.17) is 27.9 Å². The molecule has 1 aliphatic heterocycles. The lowest BCUT2D eigenvalue weighted by Crippen LogP contribution is -2.31. The first-order chi connectivity index (χ1) is 10.4. The Morgan fingerprint density at radius 2 is 2.14 bits per heavy atom. The van der Waals surface area contributed by atoms with E-state index in [0.717, 1.165) is 16.7 Å². The molecule has 1 fully saturated rings. The van der Waals surface area contributed by atoms with Gasteiger partial charge in [0, 0.05) is 11.4 Å². The van der Waals surface area contributed by atoms with Crippen molar-refractivity contribution in [3.05, 3.63) is 28.2 Å². The van der Waals surface area contributed by atoms with Gasteiger partial charge in [-0.3, -0.25) is 14.4 Å². The standard InChI is InChI=1S/C14H13Cl2NO4S/c1-2-21-13(19)7-22-11-6-12(18)17(14(11)20)10-4-3-8(15)5-9(10)16/h3-5,11H,2,6-7H2,1H3. The van der Waals surface area contributed by atoms with Crippen molar-refractivity contribution in [2.75, 3.05) is 17.3 Å². The van der Waals surface area contributed by atoms with Crippen LogP contribution >= 0.6 is 35.0 Å². The Kier molecular flexibility index (Phi) is 5.72. The van der Waals surface area contributed by atoms with Crippen molar-refractivity contribution in [2.45, 2.75) is 18.6 Å². The molecular weight excluding hydrogens is 349 g/mol. The van der Waals surface area contributed by atoms with Crippen molar-refractivity contribution < 1.29 is 19.1 Å². The summed E-state index contributed by atoms with van der Waals surface area (Å²) in [5, 5.41) is 0.0370. The van der Waals surface area contributed by atoms with Crippen LogP contribution in [0.5, 0.6) is 0 Å². The zero-order valence-corrected chi connectivity index (χ0v) is 14.0. The number of thioether (sulfide) groups is 1. The van der Waals surface area contributed by atoms with Crippen LogP contribution in [0.25, 0.3) is 0 Å². The number of nitrogens with zero attached hydrogens (tertiary/aromatic N) is 1. The first-order valence-electron chi connectivity index (χ1n) is 6.53. The summed E-state index contributed by atoms with van der Waals surface area (Å²) in [7, 11) is 0. The molecule has 0 aliphatic carbocycles. The highest BCUT2D eigenvalue weighted by Gasteiger charge is 2.40. The highest BCUT2D eigenvalue weighted by molar-refractivity contribution is 8.01. The number of rotatable bonds is 5. The summed E-state index contributed by atoms with van der Waals surface area (Å²) in [4.78, 5) is 36.8. The van der Waals surface area contributed by atoms with Crippen LogP contribution in [0.15, 0.2) is 18.2 Å². The van der Waals surface area contributed by atoms with Crippen LogP contribution in [-0.2, 0) is 19.1 Å². The van der Waals surface area contributed by atoms with Gasteiger partial charge in [-0.05, 0) is 25.1 Å². The average molecular weight is 362 g/mol. The monoisotopic (exact) mass is 361 g/mol. The maximum atomic E-state index is 12.4. The van der Waals surface area contributed by atoms with Crippen molar-refractivity contribution in [2.24, 2.45) is 0 Å². The summed E-state index contributed by atoms with van der Waals surface area (Å²) in [6.07, 6.45) is 0.0296. The SMILES string of the molecule is CCOC(=O)CSC1CC(=O)N(c2ccc(Cl)cc2Cl)C1=O. The lowest BCUT2D eigenvalue weighted by Gasteiger charge is -2.16. The van der Waals surface area contributed by atoms with Crippen molar-refractivity contribution >= 4 is 58.4 Å². The van der Waals surface area contributed by atoms with Gasteiger partial charge in [0.1, 0.15) is 0 Å². The van der Waals surface area contributed by atoms with Crippen LogP contribution in [0.4, 0.5) is 5.69 Å². The molecule has 0 saturated carbocycles. The van der Waals surface area contributed by atoms with Crippen LogP contribution in [0.1, 0.15) is 13.3 Å². The fourth-order valence-corrected chi connectivity index (χ4v) is 3.44. The van der Waals surface area contributed by atoms with Crippen molar-refractivity contribution in [1.82, 2.24) is 0 Å². The molecule has 2 rings (SSSR count). The molecule has 1 unspecified atom stereocenters. The molecule has 1 aliphatic rings. The fourth-order valence-electron chi connectivity index (χ4n) is 2.02. The smallest absolute Gasteiger partial charge is 0.315 e. The molecule has 2 amide bonds. The minimum atomic E-state index is -0.608. The summed E-state index contributed by atoms with van der Waals surface area (Å²) >= 11 is 13.0. The van der Waals surface area contributed by atoms with Gasteiger partial charge >= 0.3 is 5.97 Å². The predicted molar refractivity (Wildman–Crippen MR) is 86.5 cm³/mol. The van der Waals surface area contributed by atoms with E-state index in [9.17, 15) is 14.4 Å². The summed E-state index contributed by atoms with van der Waals surface area (Å²) in [6.45, 7) is 1.99. The van der Waals surface area contributed by atoms with Crippen molar-refractivity contribution in [1.29, 1.82) is 0 Å². The summed E-state index contributed by atoms with van der Waals surface area (Å²) in [5.74, 6) is -1.12. The molecule has 1 saturated heterocycles. The van der Waals surface area contributed by atoms with Gasteiger partial charge in [-0.2, -0.15) is 0 Å². The summed E-state index contributed by atoms with van der Waals surface area (Å²) in [6, 6.07) is 4.55. The van der Waals surface area contributed by atoms with E-state index in [1.165, 1.54) is 12.1 Å². The maximum absolute atomic E-state index is 12.4. The Bertz CT molecular complexity index is 623. The first-order valence-corrected chi connectivity index (χ1v) is 8.33. The molecule has 0 spiro atoms. The number of benzene rings is 1. The Morgan fingerprint density at radius 1 is 1.41 bits per heavy atom. The van der Waals surface area contributed by atoms with E-state index >= 15 is 0 Å². The van der Waals surface area contributed by atoms with E-state index in [1.54, 1.807) is 13.0 Å². The van der Waals surface area contributed by atoms with Crippen LogP contribution < -0.4 is 4.90 Å². The predicted octanol–water partition coefficient (Wildman–Crippen LogP) is 2.92. The molecule has 0 aromatic heterocycles. The second-order valence-electron chi connectivity index (χ2n) is 4.47. The lowest BCUT2D eigenvalue weighted by molar-refractivity contribution is -0.139. The van der Waals surface area contributed by atoms with E-state index in [0.29, 0.717) is 10.7 Å². The minimum Gasteiger partial charge on any atom is -0.465 e. The number of amides is 2. The Balaban J connectivity index is 2.10. The first kappa shape index (κ1) is 17.1. The zero-order chi connectivity index (χ0) is 16.3. The molecule has 1 heterocycles. The molecule has 0 N–H and O–H groups in total. The highest BCUT2D eigenvalue weighted by atomic mass is 35.5. The Labute approximate surface area is 141 Å². The van der Waals surface area contributed by atoms with E-state index in [-0.39, 0.29) is 35.6 Å². The number of halogens is 2. The summed E-state index contributed by atoms with van der Waals surface area (Å²) in [5.41, 5.74) is 0.306. The molecule has 5 nitrogen and oxygen atoms in total. The highest BCUT2D eigenvalue weighted by Crippen LogP contribution is 2.35. The number of imide groups is 1. The molecular formula is C14H13Cl2NO4S. The molecule has 8 heteroatoms. The topological polar surface area (TPSA) is 63.7 Å². The van der Waals surface area contributed by atoms with Crippen molar-refractivity contribution in [3.63, 3.8) is 0 Å². The second kappa shape index (κ2) is 7.35. The van der Waals surface area contributed by atoms with Crippen molar-refractivity contribution in [3.8, 4) is 0 Å². The van der Waals surface area contributed by atoms with Gasteiger partial charge < -0.3 is 4.74 Å². The molecule has 0 bridgehead atoms. The maximum Gasteiger partial charge on any atom is 0.315 e. The third-order valence-electron chi connectivity index (χ3n) is 2.96. The van der Waals surface area contributed by atoms with Gasteiger partial charge in [-0.25, -0.2) is 4.90 Å². The van der Waals surface area contributed by atoms with E-state index in [2.05, 4.69) is 0 Å². The number of anilines is 1. The van der Waals surface area contributed by atoms with Crippen LogP contribution in [0, 0.1) is 0 Å². The second-order valence-corrected chi connectivity index (χ2v) is 6.51. The normalized spacial score (nSPS) is 18.0. The van der Waals surface area contributed by atoms with Gasteiger partial charge in [-0.1, -0.05) is 23.2 Å². The number of ether oxygens (including phenoxy) is 1. The number of carbonyl (C=O) groups is 3. The fraction of sp³-hybridized carbons (Fsp3) is 0.357. The van der Waals surface area contributed by atoms with Crippen LogP contribution in [0.3, 0.4) is 0 Å². The van der Waals surface area contributed by atoms with E-state index < -0.39 is 11.2 Å². The average Bonchev–Trinajstić information content (AvgIpc) is 2.72. The number of hydrogen-bond acceptors (Lipinski definition) is 5. The molecule has 0 radical (unpaired) electrons. The number of esters is 1. The van der Waals surface area contributed by atoms with Gasteiger partial charge in [0.15, 0.2) is 0 Å². The third kappa shape index (κ3) is 3.74. The Hall–Kier alpha value is -1.24. The van der Waals surface area contributed by atoms with Crippen LogP contribution in [0.2, 0.25) is 10.0 Å². The van der Waals surface area contributed by atoms with Gasteiger partial charge in [0.25, 0.3) is 0 Å². The Morgan fingerprint density at radius 3 is 2.77 bits per heavy atom. The van der Waals surface area contributed by atoms with Gasteiger partial charge in [-0.15, -0.1) is 11.8 Å². The molecule has 22 heavy (non-hydrogen) atoms. The molecule has 118 valence electrons. The minimum absolute atomic E-state index is 0.0275.